The Balaban J connectivity index is 2.19. The van der Waals surface area contributed by atoms with Gasteiger partial charge in [0.15, 0.2) is 5.82 Å². The standard InChI is InChI=1S/C13H10F3N3S/c1-19-9-3-2-7(13(14,15)16)6-8(9)18-12(19)10-4-5-11(17)20-10/h2-6H,17H2,1H3. The number of aromatic nitrogens is 2. The van der Waals surface area contributed by atoms with Gasteiger partial charge in [-0.25, -0.2) is 4.98 Å². The van der Waals surface area contributed by atoms with Crippen LogP contribution in [-0.4, -0.2) is 9.55 Å². The van der Waals surface area contributed by atoms with Crippen LogP contribution in [0.2, 0.25) is 0 Å². The van der Waals surface area contributed by atoms with Crippen LogP contribution in [0.15, 0.2) is 30.3 Å². The summed E-state index contributed by atoms with van der Waals surface area (Å²) in [6.07, 6.45) is -4.36. The second kappa shape index (κ2) is 4.24. The van der Waals surface area contributed by atoms with E-state index < -0.39 is 11.7 Å². The maximum Gasteiger partial charge on any atom is 0.416 e. The van der Waals surface area contributed by atoms with Crippen molar-refractivity contribution in [1.82, 2.24) is 9.55 Å². The molecule has 3 rings (SSSR count). The van der Waals surface area contributed by atoms with Gasteiger partial charge < -0.3 is 10.3 Å². The number of hydrogen-bond donors (Lipinski definition) is 1. The molecule has 3 aromatic rings. The number of rotatable bonds is 1. The molecule has 20 heavy (non-hydrogen) atoms. The van der Waals surface area contributed by atoms with Crippen LogP contribution < -0.4 is 5.73 Å². The fourth-order valence-corrected chi connectivity index (χ4v) is 2.87. The number of nitrogen functional groups attached to an aromatic ring is 1. The Morgan fingerprint density at radius 2 is 1.95 bits per heavy atom. The van der Waals surface area contributed by atoms with Gasteiger partial charge in [0, 0.05) is 7.05 Å². The number of thiophene rings is 1. The van der Waals surface area contributed by atoms with E-state index in [0.29, 0.717) is 21.9 Å². The first-order chi connectivity index (χ1) is 9.36. The van der Waals surface area contributed by atoms with Crippen molar-refractivity contribution < 1.29 is 13.2 Å². The largest absolute Gasteiger partial charge is 0.416 e. The number of alkyl halides is 3. The van der Waals surface area contributed by atoms with Crippen molar-refractivity contribution in [1.29, 1.82) is 0 Å². The predicted molar refractivity (Wildman–Crippen MR) is 73.4 cm³/mol. The Morgan fingerprint density at radius 3 is 2.55 bits per heavy atom. The fraction of sp³-hybridized carbons (Fsp3) is 0.154. The van der Waals surface area contributed by atoms with Gasteiger partial charge in [0.25, 0.3) is 0 Å². The minimum absolute atomic E-state index is 0.323. The summed E-state index contributed by atoms with van der Waals surface area (Å²) in [6, 6.07) is 7.13. The first kappa shape index (κ1) is 13.0. The highest BCUT2D eigenvalue weighted by Gasteiger charge is 2.31. The molecule has 0 aliphatic heterocycles. The zero-order valence-electron chi connectivity index (χ0n) is 10.4. The number of benzene rings is 1. The third-order valence-corrected chi connectivity index (χ3v) is 3.97. The molecule has 1 aromatic carbocycles. The van der Waals surface area contributed by atoms with Gasteiger partial charge in [-0.15, -0.1) is 11.3 Å². The molecule has 0 unspecified atom stereocenters. The highest BCUT2D eigenvalue weighted by atomic mass is 32.1. The van der Waals surface area contributed by atoms with Gasteiger partial charge in [0.1, 0.15) is 0 Å². The first-order valence-electron chi connectivity index (χ1n) is 5.75. The number of nitrogens with two attached hydrogens (primary N) is 1. The number of hydrogen-bond acceptors (Lipinski definition) is 3. The topological polar surface area (TPSA) is 43.8 Å². The van der Waals surface area contributed by atoms with Crippen molar-refractivity contribution in [3.63, 3.8) is 0 Å². The Hall–Kier alpha value is -2.02. The van der Waals surface area contributed by atoms with Gasteiger partial charge in [0.2, 0.25) is 0 Å². The molecule has 0 atom stereocenters. The quantitative estimate of drug-likeness (QED) is 0.740. The molecule has 0 saturated heterocycles. The monoisotopic (exact) mass is 297 g/mol. The van der Waals surface area contributed by atoms with Crippen LogP contribution in [0.5, 0.6) is 0 Å². The highest BCUT2D eigenvalue weighted by Crippen LogP contribution is 2.34. The lowest BCUT2D eigenvalue weighted by Gasteiger charge is -2.05. The van der Waals surface area contributed by atoms with E-state index in [1.165, 1.54) is 17.4 Å². The molecule has 0 radical (unpaired) electrons. The number of nitrogens with zero attached hydrogens (tertiary/aromatic N) is 2. The minimum atomic E-state index is -4.36. The lowest BCUT2D eigenvalue weighted by molar-refractivity contribution is -0.137. The van der Waals surface area contributed by atoms with E-state index in [-0.39, 0.29) is 0 Å². The number of halogens is 3. The zero-order valence-corrected chi connectivity index (χ0v) is 11.2. The van der Waals surface area contributed by atoms with Crippen LogP contribution in [0.1, 0.15) is 5.56 Å². The smallest absolute Gasteiger partial charge is 0.391 e. The summed E-state index contributed by atoms with van der Waals surface area (Å²) in [7, 11) is 1.77. The van der Waals surface area contributed by atoms with Crippen molar-refractivity contribution in [3.8, 4) is 10.7 Å². The van der Waals surface area contributed by atoms with E-state index >= 15 is 0 Å². The molecule has 0 spiro atoms. The Kier molecular flexibility index (Phi) is 2.75. The van der Waals surface area contributed by atoms with E-state index in [1.807, 2.05) is 6.07 Å². The summed E-state index contributed by atoms with van der Waals surface area (Å²) >= 11 is 1.35. The molecule has 0 aliphatic rings. The predicted octanol–water partition coefficient (Wildman–Crippen LogP) is 3.90. The average Bonchev–Trinajstić information content (AvgIpc) is 2.92. The molecule has 2 N–H and O–H groups in total. The van der Waals surface area contributed by atoms with Crippen molar-refractivity contribution in [2.75, 3.05) is 5.73 Å². The molecule has 0 amide bonds. The number of fused-ring (bicyclic) bond motifs is 1. The Morgan fingerprint density at radius 1 is 1.20 bits per heavy atom. The number of imidazole rings is 1. The second-order valence-corrected chi connectivity index (χ2v) is 5.51. The highest BCUT2D eigenvalue weighted by molar-refractivity contribution is 7.19. The van der Waals surface area contributed by atoms with Gasteiger partial charge >= 0.3 is 6.18 Å². The SMILES string of the molecule is Cn1c(-c2ccc(N)s2)nc2cc(C(F)(F)F)ccc21. The minimum Gasteiger partial charge on any atom is -0.391 e. The lowest BCUT2D eigenvalue weighted by atomic mass is 10.2. The van der Waals surface area contributed by atoms with Crippen molar-refractivity contribution in [3.05, 3.63) is 35.9 Å². The molecule has 2 aromatic heterocycles. The average molecular weight is 297 g/mol. The van der Waals surface area contributed by atoms with Crippen molar-refractivity contribution >= 4 is 27.4 Å². The summed E-state index contributed by atoms with van der Waals surface area (Å²) in [6.45, 7) is 0. The van der Waals surface area contributed by atoms with Crippen LogP contribution in [0, 0.1) is 0 Å². The number of aryl methyl sites for hydroxylation is 1. The van der Waals surface area contributed by atoms with Crippen LogP contribution in [0.3, 0.4) is 0 Å². The van der Waals surface area contributed by atoms with Gasteiger partial charge in [-0.05, 0) is 30.3 Å². The first-order valence-corrected chi connectivity index (χ1v) is 6.57. The second-order valence-electron chi connectivity index (χ2n) is 4.40. The van der Waals surface area contributed by atoms with Crippen LogP contribution in [0.4, 0.5) is 18.2 Å². The van der Waals surface area contributed by atoms with E-state index in [0.717, 1.165) is 17.0 Å². The molecule has 0 saturated carbocycles. The van der Waals surface area contributed by atoms with E-state index in [2.05, 4.69) is 4.98 Å². The molecule has 0 bridgehead atoms. The molecule has 2 heterocycles. The molecule has 0 aliphatic carbocycles. The van der Waals surface area contributed by atoms with Gasteiger partial charge in [-0.1, -0.05) is 0 Å². The summed E-state index contributed by atoms with van der Waals surface area (Å²) in [5, 5.41) is 0.642. The molecule has 3 nitrogen and oxygen atoms in total. The molecular weight excluding hydrogens is 287 g/mol. The molecule has 7 heteroatoms. The Labute approximate surface area is 116 Å². The van der Waals surface area contributed by atoms with E-state index in [4.69, 9.17) is 5.73 Å². The van der Waals surface area contributed by atoms with Crippen LogP contribution in [0.25, 0.3) is 21.7 Å². The van der Waals surface area contributed by atoms with Crippen LogP contribution in [-0.2, 0) is 13.2 Å². The zero-order chi connectivity index (χ0) is 14.5. The van der Waals surface area contributed by atoms with Crippen molar-refractivity contribution in [2.24, 2.45) is 7.05 Å². The third-order valence-electron chi connectivity index (χ3n) is 3.06. The van der Waals surface area contributed by atoms with Gasteiger partial charge in [0.05, 0.1) is 26.5 Å². The van der Waals surface area contributed by atoms with E-state index in [9.17, 15) is 13.2 Å². The Bertz CT molecular complexity index is 786. The van der Waals surface area contributed by atoms with E-state index in [1.54, 1.807) is 17.7 Å². The third kappa shape index (κ3) is 2.03. The summed E-state index contributed by atoms with van der Waals surface area (Å²) < 4.78 is 39.9. The normalized spacial score (nSPS) is 12.2. The molecule has 0 fully saturated rings. The molecular formula is C13H10F3N3S. The maximum atomic E-state index is 12.7. The van der Waals surface area contributed by atoms with Gasteiger partial charge in [-0.3, -0.25) is 0 Å². The summed E-state index contributed by atoms with van der Waals surface area (Å²) in [4.78, 5) is 5.12. The van der Waals surface area contributed by atoms with Crippen LogP contribution >= 0.6 is 11.3 Å². The lowest BCUT2D eigenvalue weighted by Crippen LogP contribution is -2.04. The molecule has 104 valence electrons. The fourth-order valence-electron chi connectivity index (χ4n) is 2.07. The maximum absolute atomic E-state index is 12.7. The summed E-state index contributed by atoms with van der Waals surface area (Å²) in [5.74, 6) is 0.612. The number of anilines is 1. The summed E-state index contributed by atoms with van der Waals surface area (Å²) in [5.41, 5.74) is 5.96. The van der Waals surface area contributed by atoms with Gasteiger partial charge in [-0.2, -0.15) is 13.2 Å². The van der Waals surface area contributed by atoms with Crippen molar-refractivity contribution in [2.45, 2.75) is 6.18 Å².